The minimum Gasteiger partial charge on any atom is -0.467 e. The van der Waals surface area contributed by atoms with Crippen molar-refractivity contribution in [1.82, 2.24) is 9.88 Å². The normalized spacial score (nSPS) is 12.5. The van der Waals surface area contributed by atoms with Crippen LogP contribution in [-0.4, -0.2) is 53.0 Å². The van der Waals surface area contributed by atoms with E-state index in [9.17, 15) is 14.4 Å². The highest BCUT2D eigenvalue weighted by atomic mass is 16.6. The average Bonchev–Trinajstić information content (AvgIpc) is 2.97. The molecule has 0 aliphatic carbocycles. The fourth-order valence-electron chi connectivity index (χ4n) is 2.67. The molecule has 8 heteroatoms. The first kappa shape index (κ1) is 20.4. The number of hydrogen-bond acceptors (Lipinski definition) is 6. The summed E-state index contributed by atoms with van der Waals surface area (Å²) in [6.45, 7) is 4.58. The van der Waals surface area contributed by atoms with Gasteiger partial charge in [-0.3, -0.25) is 9.36 Å². The molecule has 0 saturated heterocycles. The van der Waals surface area contributed by atoms with Crippen molar-refractivity contribution in [3.05, 3.63) is 36.0 Å². The lowest BCUT2D eigenvalue weighted by atomic mass is 10.0. The number of nitrogens with one attached hydrogen (secondary N) is 1. The number of aromatic nitrogens is 1. The molecule has 0 radical (unpaired) electrons. The van der Waals surface area contributed by atoms with Gasteiger partial charge >= 0.3 is 12.1 Å². The molecular formula is C19H24N2O6. The molecule has 2 N–H and O–H groups in total. The molecule has 0 bridgehead atoms. The fourth-order valence-corrected chi connectivity index (χ4v) is 2.67. The number of aliphatic hydroxyl groups is 1. The summed E-state index contributed by atoms with van der Waals surface area (Å²) in [6.07, 6.45) is 1.13. The maximum atomic E-state index is 12.5. The zero-order chi connectivity index (χ0) is 20.2. The van der Waals surface area contributed by atoms with Crippen LogP contribution in [0.25, 0.3) is 10.9 Å². The van der Waals surface area contributed by atoms with Crippen LogP contribution in [0.3, 0.4) is 0 Å². The summed E-state index contributed by atoms with van der Waals surface area (Å²) in [5.74, 6) is -1.34. The van der Waals surface area contributed by atoms with Crippen LogP contribution in [0.5, 0.6) is 0 Å². The SMILES string of the molecule is COC(=O)[C@@H](Cc1cn(C(=O)OC(C)(C)C)c2ccccc12)NC(=O)CO. The Kier molecular flexibility index (Phi) is 6.22. The van der Waals surface area contributed by atoms with Gasteiger partial charge in [-0.1, -0.05) is 18.2 Å². The number of benzene rings is 1. The van der Waals surface area contributed by atoms with E-state index in [4.69, 9.17) is 14.6 Å². The third-order valence-electron chi connectivity index (χ3n) is 3.77. The van der Waals surface area contributed by atoms with Crippen LogP contribution in [0.4, 0.5) is 4.79 Å². The van der Waals surface area contributed by atoms with E-state index in [0.717, 1.165) is 5.39 Å². The Balaban J connectivity index is 2.41. The number of carbonyl (C=O) groups is 3. The smallest absolute Gasteiger partial charge is 0.419 e. The summed E-state index contributed by atoms with van der Waals surface area (Å²) in [5, 5.41) is 12.1. The maximum Gasteiger partial charge on any atom is 0.419 e. The average molecular weight is 376 g/mol. The first-order valence-electron chi connectivity index (χ1n) is 8.46. The van der Waals surface area contributed by atoms with Gasteiger partial charge in [0.15, 0.2) is 0 Å². The fraction of sp³-hybridized carbons (Fsp3) is 0.421. The molecule has 0 aliphatic rings. The van der Waals surface area contributed by atoms with Gasteiger partial charge in [-0.05, 0) is 32.4 Å². The van der Waals surface area contributed by atoms with Crippen LogP contribution >= 0.6 is 0 Å². The van der Waals surface area contributed by atoms with Crippen molar-refractivity contribution in [2.75, 3.05) is 13.7 Å². The van der Waals surface area contributed by atoms with Crippen molar-refractivity contribution in [2.24, 2.45) is 0 Å². The van der Waals surface area contributed by atoms with Gasteiger partial charge in [0.1, 0.15) is 18.2 Å². The molecule has 27 heavy (non-hydrogen) atoms. The van der Waals surface area contributed by atoms with Crippen molar-refractivity contribution < 1.29 is 29.0 Å². The van der Waals surface area contributed by atoms with Crippen LogP contribution < -0.4 is 5.32 Å². The number of nitrogens with zero attached hydrogens (tertiary/aromatic N) is 1. The molecule has 0 aliphatic heterocycles. The molecule has 1 aromatic heterocycles. The highest BCUT2D eigenvalue weighted by Gasteiger charge is 2.25. The lowest BCUT2D eigenvalue weighted by Gasteiger charge is -2.19. The molecular weight excluding hydrogens is 352 g/mol. The van der Waals surface area contributed by atoms with Crippen molar-refractivity contribution >= 4 is 28.9 Å². The van der Waals surface area contributed by atoms with E-state index in [1.807, 2.05) is 12.1 Å². The Labute approximate surface area is 157 Å². The number of ether oxygens (including phenoxy) is 2. The molecule has 146 valence electrons. The first-order valence-corrected chi connectivity index (χ1v) is 8.46. The Hall–Kier alpha value is -2.87. The second-order valence-corrected chi connectivity index (χ2v) is 7.03. The van der Waals surface area contributed by atoms with Gasteiger partial charge in [-0.2, -0.15) is 0 Å². The molecule has 1 atom stereocenters. The number of carbonyl (C=O) groups excluding carboxylic acids is 3. The van der Waals surface area contributed by atoms with Crippen LogP contribution in [0.1, 0.15) is 26.3 Å². The molecule has 0 spiro atoms. The highest BCUT2D eigenvalue weighted by molar-refractivity contribution is 5.93. The summed E-state index contributed by atoms with van der Waals surface area (Å²) in [6, 6.07) is 6.19. The molecule has 1 amide bonds. The maximum absolute atomic E-state index is 12.5. The van der Waals surface area contributed by atoms with E-state index >= 15 is 0 Å². The third kappa shape index (κ3) is 5.07. The number of methoxy groups -OCH3 is 1. The van der Waals surface area contributed by atoms with Crippen LogP contribution in [0, 0.1) is 0 Å². The minimum absolute atomic E-state index is 0.0920. The quantitative estimate of drug-likeness (QED) is 0.768. The standard InChI is InChI=1S/C19H24N2O6/c1-19(2,3)27-18(25)21-10-12(13-7-5-6-8-15(13)21)9-14(17(24)26-4)20-16(23)11-22/h5-8,10,14,22H,9,11H2,1-4H3,(H,20,23)/t14-/m1/s1. The second kappa shape index (κ2) is 8.22. The Morgan fingerprint density at radius 2 is 1.89 bits per heavy atom. The third-order valence-corrected chi connectivity index (χ3v) is 3.77. The van der Waals surface area contributed by atoms with E-state index in [-0.39, 0.29) is 6.42 Å². The molecule has 1 aromatic carbocycles. The van der Waals surface area contributed by atoms with E-state index < -0.39 is 36.2 Å². The summed E-state index contributed by atoms with van der Waals surface area (Å²) < 4.78 is 11.5. The molecule has 2 aromatic rings. The number of fused-ring (bicyclic) bond motifs is 1. The van der Waals surface area contributed by atoms with Crippen molar-refractivity contribution in [1.29, 1.82) is 0 Å². The largest absolute Gasteiger partial charge is 0.467 e. The van der Waals surface area contributed by atoms with Crippen LogP contribution in [0.15, 0.2) is 30.5 Å². The van der Waals surface area contributed by atoms with Crippen LogP contribution in [-0.2, 0) is 25.5 Å². The molecule has 2 rings (SSSR count). The Morgan fingerprint density at radius 3 is 2.48 bits per heavy atom. The summed E-state index contributed by atoms with van der Waals surface area (Å²) >= 11 is 0. The number of aliphatic hydroxyl groups excluding tert-OH is 1. The summed E-state index contributed by atoms with van der Waals surface area (Å²) in [7, 11) is 1.21. The predicted octanol–water partition coefficient (Wildman–Crippen LogP) is 1.62. The topological polar surface area (TPSA) is 107 Å². The zero-order valence-corrected chi connectivity index (χ0v) is 15.8. The Bertz CT molecular complexity index is 849. The van der Waals surface area contributed by atoms with E-state index in [2.05, 4.69) is 5.32 Å². The van der Waals surface area contributed by atoms with Gasteiger partial charge in [0.25, 0.3) is 0 Å². The van der Waals surface area contributed by atoms with Gasteiger partial charge in [0.05, 0.1) is 12.6 Å². The number of amides is 1. The lowest BCUT2D eigenvalue weighted by molar-refractivity contribution is -0.145. The summed E-state index contributed by atoms with van der Waals surface area (Å²) in [4.78, 5) is 36.1. The number of para-hydroxylation sites is 1. The van der Waals surface area contributed by atoms with Crippen LogP contribution in [0.2, 0.25) is 0 Å². The first-order chi connectivity index (χ1) is 12.7. The van der Waals surface area contributed by atoms with Gasteiger partial charge in [0.2, 0.25) is 5.91 Å². The van der Waals surface area contributed by atoms with Gasteiger partial charge in [-0.25, -0.2) is 9.59 Å². The molecule has 0 fully saturated rings. The number of esters is 1. The molecule has 1 heterocycles. The van der Waals surface area contributed by atoms with Crippen molar-refractivity contribution in [3.8, 4) is 0 Å². The molecule has 8 nitrogen and oxygen atoms in total. The number of hydrogen-bond donors (Lipinski definition) is 2. The molecule has 0 saturated carbocycles. The van der Waals surface area contributed by atoms with E-state index in [1.54, 1.807) is 39.1 Å². The predicted molar refractivity (Wildman–Crippen MR) is 98.3 cm³/mol. The lowest BCUT2D eigenvalue weighted by Crippen LogP contribution is -2.44. The van der Waals surface area contributed by atoms with Gasteiger partial charge in [-0.15, -0.1) is 0 Å². The Morgan fingerprint density at radius 1 is 1.22 bits per heavy atom. The number of rotatable bonds is 5. The monoisotopic (exact) mass is 376 g/mol. The van der Waals surface area contributed by atoms with E-state index in [1.165, 1.54) is 11.7 Å². The molecule has 0 unspecified atom stereocenters. The zero-order valence-electron chi connectivity index (χ0n) is 15.8. The van der Waals surface area contributed by atoms with E-state index in [0.29, 0.717) is 11.1 Å². The van der Waals surface area contributed by atoms with Gasteiger partial charge < -0.3 is 19.9 Å². The minimum atomic E-state index is -0.993. The van der Waals surface area contributed by atoms with Crippen molar-refractivity contribution in [3.63, 3.8) is 0 Å². The highest BCUT2D eigenvalue weighted by Crippen LogP contribution is 2.24. The van der Waals surface area contributed by atoms with Crippen molar-refractivity contribution in [2.45, 2.75) is 38.8 Å². The summed E-state index contributed by atoms with van der Waals surface area (Å²) in [5.41, 5.74) is 0.621. The second-order valence-electron chi connectivity index (χ2n) is 7.03. The van der Waals surface area contributed by atoms with Gasteiger partial charge in [0, 0.05) is 18.0 Å².